The van der Waals surface area contributed by atoms with Gasteiger partial charge in [0, 0.05) is 10.0 Å². The van der Waals surface area contributed by atoms with E-state index in [1.54, 1.807) is 11.4 Å². The highest BCUT2D eigenvalue weighted by Crippen LogP contribution is 2.21. The van der Waals surface area contributed by atoms with Gasteiger partial charge in [-0.3, -0.25) is 9.36 Å². The number of rotatable bonds is 4. The van der Waals surface area contributed by atoms with Gasteiger partial charge >= 0.3 is 5.69 Å². The van der Waals surface area contributed by atoms with Crippen LogP contribution in [0.5, 0.6) is 0 Å². The maximum absolute atomic E-state index is 13.3. The first-order valence-electron chi connectivity index (χ1n) is 9.09. The molecule has 31 heavy (non-hydrogen) atoms. The second kappa shape index (κ2) is 7.71. The van der Waals surface area contributed by atoms with E-state index >= 15 is 0 Å². The molecule has 0 fully saturated rings. The number of aromatic nitrogens is 4. The lowest BCUT2D eigenvalue weighted by Gasteiger charge is -2.10. The normalized spacial score (nSPS) is 11.3. The van der Waals surface area contributed by atoms with Crippen LogP contribution in [0.4, 0.5) is 4.39 Å². The monoisotopic (exact) mass is 498 g/mol. The molecule has 0 bridgehead atoms. The molecule has 0 unspecified atom stereocenters. The molecule has 0 saturated carbocycles. The van der Waals surface area contributed by atoms with Crippen molar-refractivity contribution in [3.05, 3.63) is 97.0 Å². The molecule has 0 aliphatic rings. The van der Waals surface area contributed by atoms with Crippen molar-refractivity contribution >= 4 is 37.5 Å². The Morgan fingerprint density at radius 2 is 1.90 bits per heavy atom. The minimum Gasteiger partial charge on any atom is -0.337 e. The molecule has 0 spiro atoms. The lowest BCUT2D eigenvalue weighted by molar-refractivity contribution is 0.370. The van der Waals surface area contributed by atoms with Crippen LogP contribution in [0, 0.1) is 5.82 Å². The zero-order valence-corrected chi connectivity index (χ0v) is 18.1. The van der Waals surface area contributed by atoms with E-state index in [1.165, 1.54) is 40.2 Å². The van der Waals surface area contributed by atoms with E-state index in [1.807, 2.05) is 24.3 Å². The number of thiophene rings is 1. The van der Waals surface area contributed by atoms with Gasteiger partial charge in [0.05, 0.1) is 11.2 Å². The van der Waals surface area contributed by atoms with E-state index in [0.717, 1.165) is 14.6 Å². The maximum Gasteiger partial charge on any atom is 0.336 e. The van der Waals surface area contributed by atoms with Crippen molar-refractivity contribution in [2.45, 2.75) is 6.54 Å². The summed E-state index contributed by atoms with van der Waals surface area (Å²) in [6.45, 7) is -0.0193. The number of fused-ring (bicyclic) bond motifs is 1. The Kier molecular flexibility index (Phi) is 4.87. The average molecular weight is 499 g/mol. The fraction of sp³-hybridized carbons (Fsp3) is 0.0476. The Morgan fingerprint density at radius 3 is 2.68 bits per heavy atom. The van der Waals surface area contributed by atoms with Crippen LogP contribution in [0.15, 0.2) is 78.6 Å². The molecule has 5 aromatic rings. The summed E-state index contributed by atoms with van der Waals surface area (Å²) in [6.07, 6.45) is 0. The molecule has 10 heteroatoms. The van der Waals surface area contributed by atoms with E-state index in [2.05, 4.69) is 26.1 Å². The molecular formula is C21H12BrFN4O3S. The Balaban J connectivity index is 1.62. The van der Waals surface area contributed by atoms with Gasteiger partial charge in [-0.1, -0.05) is 33.2 Å². The number of halogens is 2. The van der Waals surface area contributed by atoms with Gasteiger partial charge in [-0.05, 0) is 47.8 Å². The molecule has 7 nitrogen and oxygen atoms in total. The molecule has 0 atom stereocenters. The van der Waals surface area contributed by atoms with Crippen LogP contribution in [0.2, 0.25) is 0 Å². The lowest BCUT2D eigenvalue weighted by atomic mass is 10.2. The van der Waals surface area contributed by atoms with Crippen LogP contribution < -0.4 is 11.2 Å². The van der Waals surface area contributed by atoms with Crippen molar-refractivity contribution in [1.82, 2.24) is 19.3 Å². The average Bonchev–Trinajstić information content (AvgIpc) is 3.42. The highest BCUT2D eigenvalue weighted by Gasteiger charge is 2.18. The molecular weight excluding hydrogens is 487 g/mol. The summed E-state index contributed by atoms with van der Waals surface area (Å²) in [5.41, 5.74) is 0.470. The second-order valence-corrected chi connectivity index (χ2v) is 8.47. The first-order chi connectivity index (χ1) is 15.0. The number of benzene rings is 2. The highest BCUT2D eigenvalue weighted by atomic mass is 79.9. The van der Waals surface area contributed by atoms with E-state index in [-0.39, 0.29) is 18.1 Å². The van der Waals surface area contributed by atoms with Crippen LogP contribution in [-0.4, -0.2) is 19.3 Å². The second-order valence-electron chi connectivity index (χ2n) is 6.64. The van der Waals surface area contributed by atoms with Crippen LogP contribution >= 0.6 is 27.3 Å². The van der Waals surface area contributed by atoms with Crippen molar-refractivity contribution < 1.29 is 8.91 Å². The molecule has 5 rings (SSSR count). The van der Waals surface area contributed by atoms with Crippen LogP contribution in [-0.2, 0) is 6.54 Å². The van der Waals surface area contributed by atoms with Gasteiger partial charge in [0.15, 0.2) is 0 Å². The molecule has 0 aliphatic heterocycles. The van der Waals surface area contributed by atoms with Crippen molar-refractivity contribution in [3.63, 3.8) is 0 Å². The number of hydrogen-bond acceptors (Lipinski definition) is 6. The van der Waals surface area contributed by atoms with E-state index in [4.69, 9.17) is 4.52 Å². The van der Waals surface area contributed by atoms with Crippen molar-refractivity contribution in [2.75, 3.05) is 0 Å². The smallest absolute Gasteiger partial charge is 0.336 e. The molecule has 0 radical (unpaired) electrons. The maximum atomic E-state index is 13.3. The minimum absolute atomic E-state index is 0.0193. The molecule has 0 aliphatic carbocycles. The van der Waals surface area contributed by atoms with Gasteiger partial charge in [0.2, 0.25) is 11.7 Å². The standard InChI is InChI=1S/C21H12BrFN4O3S/c22-13-3-1-2-12(10-13)19-24-17(30-25-19)11-26-16-8-9-31-18(16)20(28)27(21(26)29)15-6-4-14(23)5-7-15/h1-10H,11H2. The van der Waals surface area contributed by atoms with Gasteiger partial charge in [-0.15, -0.1) is 11.3 Å². The molecule has 2 aromatic carbocycles. The Hall–Kier alpha value is -3.37. The van der Waals surface area contributed by atoms with E-state index in [0.29, 0.717) is 16.0 Å². The summed E-state index contributed by atoms with van der Waals surface area (Å²) in [6, 6.07) is 14.3. The zero-order valence-electron chi connectivity index (χ0n) is 15.7. The van der Waals surface area contributed by atoms with Gasteiger partial charge in [0.1, 0.15) is 17.1 Å². The SMILES string of the molecule is O=c1c2sccc2n(Cc2nc(-c3cccc(Br)c3)no2)c(=O)n1-c1ccc(F)cc1. The fourth-order valence-corrected chi connectivity index (χ4v) is 4.48. The third-order valence-electron chi connectivity index (χ3n) is 4.68. The van der Waals surface area contributed by atoms with Crippen LogP contribution in [0.1, 0.15) is 5.89 Å². The summed E-state index contributed by atoms with van der Waals surface area (Å²) in [5, 5.41) is 5.73. The summed E-state index contributed by atoms with van der Waals surface area (Å²) >= 11 is 4.63. The minimum atomic E-state index is -0.579. The highest BCUT2D eigenvalue weighted by molar-refractivity contribution is 9.10. The van der Waals surface area contributed by atoms with Gasteiger partial charge < -0.3 is 4.52 Å². The first-order valence-corrected chi connectivity index (χ1v) is 10.8. The topological polar surface area (TPSA) is 82.9 Å². The quantitative estimate of drug-likeness (QED) is 0.370. The van der Waals surface area contributed by atoms with Gasteiger partial charge in [-0.2, -0.15) is 4.98 Å². The molecule has 3 heterocycles. The largest absolute Gasteiger partial charge is 0.337 e. The predicted octanol–water partition coefficient (Wildman–Crippen LogP) is 4.21. The molecule has 0 amide bonds. The van der Waals surface area contributed by atoms with Crippen LogP contribution in [0.25, 0.3) is 27.3 Å². The summed E-state index contributed by atoms with van der Waals surface area (Å²) in [5.74, 6) is 0.145. The summed E-state index contributed by atoms with van der Waals surface area (Å²) < 4.78 is 22.4. The van der Waals surface area contributed by atoms with Crippen LogP contribution in [0.3, 0.4) is 0 Å². The molecule has 0 N–H and O–H groups in total. The third-order valence-corrected chi connectivity index (χ3v) is 6.07. The molecule has 0 saturated heterocycles. The Bertz CT molecular complexity index is 1540. The van der Waals surface area contributed by atoms with Crippen molar-refractivity contribution in [3.8, 4) is 17.1 Å². The number of hydrogen-bond donors (Lipinski definition) is 0. The zero-order chi connectivity index (χ0) is 21.5. The van der Waals surface area contributed by atoms with Gasteiger partial charge in [0.25, 0.3) is 5.56 Å². The van der Waals surface area contributed by atoms with Crippen molar-refractivity contribution in [1.29, 1.82) is 0 Å². The lowest BCUT2D eigenvalue weighted by Crippen LogP contribution is -2.38. The first kappa shape index (κ1) is 19.6. The Morgan fingerprint density at radius 1 is 1.10 bits per heavy atom. The van der Waals surface area contributed by atoms with E-state index < -0.39 is 17.1 Å². The summed E-state index contributed by atoms with van der Waals surface area (Å²) in [4.78, 5) is 30.6. The fourth-order valence-electron chi connectivity index (χ4n) is 3.26. The van der Waals surface area contributed by atoms with E-state index in [9.17, 15) is 14.0 Å². The van der Waals surface area contributed by atoms with Crippen molar-refractivity contribution in [2.24, 2.45) is 0 Å². The summed E-state index contributed by atoms with van der Waals surface area (Å²) in [7, 11) is 0. The predicted molar refractivity (Wildman–Crippen MR) is 118 cm³/mol. The molecule has 3 aromatic heterocycles. The Labute approximate surface area is 186 Å². The molecule has 154 valence electrons. The third kappa shape index (κ3) is 3.53. The van der Waals surface area contributed by atoms with Gasteiger partial charge in [-0.25, -0.2) is 13.8 Å². The number of nitrogens with zero attached hydrogens (tertiary/aromatic N) is 4.